The number of hydrogen-bond acceptors (Lipinski definition) is 4. The van der Waals surface area contributed by atoms with Gasteiger partial charge >= 0.3 is 6.18 Å². The molecule has 1 N–H and O–H groups in total. The maximum absolute atomic E-state index is 13.2. The molecule has 6 nitrogen and oxygen atoms in total. The number of pyridine rings is 1. The summed E-state index contributed by atoms with van der Waals surface area (Å²) in [6, 6.07) is 2.28. The number of fused-ring (bicyclic) bond motifs is 2. The van der Waals surface area contributed by atoms with Gasteiger partial charge in [-0.3, -0.25) is 9.36 Å². The van der Waals surface area contributed by atoms with Crippen LogP contribution in [-0.4, -0.2) is 51.5 Å². The number of carbonyl (C=O) groups excluding carboxylic acids is 1. The Labute approximate surface area is 158 Å². The summed E-state index contributed by atoms with van der Waals surface area (Å²) in [6.45, 7) is 1.58. The molecule has 2 aromatic rings. The first-order valence-electron chi connectivity index (χ1n) is 9.14. The van der Waals surface area contributed by atoms with Crippen molar-refractivity contribution in [1.29, 1.82) is 0 Å². The number of likely N-dealkylation sites (tertiary alicyclic amines) is 1. The van der Waals surface area contributed by atoms with Crippen LogP contribution in [0.3, 0.4) is 0 Å². The van der Waals surface area contributed by atoms with Crippen molar-refractivity contribution in [3.05, 3.63) is 41.9 Å². The van der Waals surface area contributed by atoms with Gasteiger partial charge in [0.05, 0.1) is 6.04 Å². The third-order valence-electron chi connectivity index (χ3n) is 5.58. The summed E-state index contributed by atoms with van der Waals surface area (Å²) in [5.41, 5.74) is 0.423. The predicted octanol–water partition coefficient (Wildman–Crippen LogP) is 2.39. The minimum atomic E-state index is -4.52. The van der Waals surface area contributed by atoms with Crippen LogP contribution in [0.2, 0.25) is 0 Å². The van der Waals surface area contributed by atoms with Gasteiger partial charge in [0.1, 0.15) is 17.0 Å². The first-order valence-corrected chi connectivity index (χ1v) is 9.14. The average molecular weight is 389 g/mol. The van der Waals surface area contributed by atoms with Gasteiger partial charge in [0, 0.05) is 37.0 Å². The van der Waals surface area contributed by atoms with E-state index in [0.717, 1.165) is 24.9 Å². The molecule has 0 spiro atoms. The van der Waals surface area contributed by atoms with Crippen LogP contribution < -0.4 is 5.32 Å². The number of nitrogens with zero attached hydrogens (tertiary/aromatic N) is 4. The van der Waals surface area contributed by atoms with Gasteiger partial charge < -0.3 is 10.2 Å². The summed E-state index contributed by atoms with van der Waals surface area (Å²) in [4.78, 5) is 22.4. The van der Waals surface area contributed by atoms with Gasteiger partial charge in [-0.2, -0.15) is 13.2 Å². The predicted molar refractivity (Wildman–Crippen MR) is 96.2 cm³/mol. The first kappa shape index (κ1) is 17.4. The summed E-state index contributed by atoms with van der Waals surface area (Å²) < 4.78 is 41.4. The Kier molecular flexibility index (Phi) is 3.67. The van der Waals surface area contributed by atoms with Gasteiger partial charge in [0.2, 0.25) is 5.91 Å². The molecule has 1 amide bonds. The normalized spacial score (nSPS) is 25.6. The van der Waals surface area contributed by atoms with E-state index in [2.05, 4.69) is 20.2 Å². The quantitative estimate of drug-likeness (QED) is 0.857. The van der Waals surface area contributed by atoms with Crippen molar-refractivity contribution in [3.63, 3.8) is 0 Å². The lowest BCUT2D eigenvalue weighted by Crippen LogP contribution is -2.43. The molecule has 3 aliphatic rings. The molecular weight excluding hydrogens is 371 g/mol. The number of carbonyl (C=O) groups is 1. The summed E-state index contributed by atoms with van der Waals surface area (Å²) in [6.07, 6.45) is 1.51. The molecule has 2 aromatic heterocycles. The highest BCUT2D eigenvalue weighted by Crippen LogP contribution is 2.35. The second kappa shape index (κ2) is 5.91. The Balaban J connectivity index is 1.66. The molecule has 2 unspecified atom stereocenters. The van der Waals surface area contributed by atoms with Crippen molar-refractivity contribution in [2.24, 2.45) is 5.92 Å². The number of allylic oxidation sites excluding steroid dienone is 2. The molecule has 28 heavy (non-hydrogen) atoms. The Hall–Kier alpha value is -2.68. The zero-order valence-electron chi connectivity index (χ0n) is 15.1. The fourth-order valence-electron chi connectivity index (χ4n) is 4.20. The molecular formula is C19H18F3N5O. The van der Waals surface area contributed by atoms with Gasteiger partial charge in [-0.15, -0.1) is 0 Å². The monoisotopic (exact) mass is 389 g/mol. The number of amides is 1. The van der Waals surface area contributed by atoms with Crippen molar-refractivity contribution >= 4 is 22.8 Å². The number of hydrogen-bond donors (Lipinski definition) is 1. The lowest BCUT2D eigenvalue weighted by Gasteiger charge is -2.36. The van der Waals surface area contributed by atoms with Crippen molar-refractivity contribution < 1.29 is 18.0 Å². The van der Waals surface area contributed by atoms with Crippen LogP contribution in [0.25, 0.3) is 16.9 Å². The first-order chi connectivity index (χ1) is 13.3. The van der Waals surface area contributed by atoms with Gasteiger partial charge in [-0.05, 0) is 25.3 Å². The van der Waals surface area contributed by atoms with Gasteiger partial charge in [0.25, 0.3) is 0 Å². The number of aromatic nitrogens is 3. The third-order valence-corrected chi connectivity index (χ3v) is 5.58. The summed E-state index contributed by atoms with van der Waals surface area (Å²) in [5, 5.41) is 2.89. The van der Waals surface area contributed by atoms with Crippen LogP contribution >= 0.6 is 0 Å². The van der Waals surface area contributed by atoms with Crippen LogP contribution in [-0.2, 0) is 11.0 Å². The Morgan fingerprint density at radius 3 is 2.71 bits per heavy atom. The molecule has 2 aliphatic heterocycles. The fraction of sp³-hybridized carbons (Fsp3) is 0.421. The van der Waals surface area contributed by atoms with E-state index in [0.29, 0.717) is 17.8 Å². The van der Waals surface area contributed by atoms with E-state index >= 15 is 0 Å². The SMILES string of the molecule is CN1CC(c2nc3ccc(C(F)(F)F)nc3n2C2=CC3CC(=O)NC3C=C2)C1. The highest BCUT2D eigenvalue weighted by atomic mass is 19.4. The molecule has 2 fully saturated rings. The fourth-order valence-corrected chi connectivity index (χ4v) is 4.20. The van der Waals surface area contributed by atoms with Crippen LogP contribution in [0.4, 0.5) is 13.2 Å². The van der Waals surface area contributed by atoms with Gasteiger partial charge in [-0.25, -0.2) is 9.97 Å². The number of nitrogens with one attached hydrogen (secondary N) is 1. The largest absolute Gasteiger partial charge is 0.433 e. The van der Waals surface area contributed by atoms with E-state index in [4.69, 9.17) is 0 Å². The number of rotatable bonds is 2. The second-order valence-corrected chi connectivity index (χ2v) is 7.67. The maximum atomic E-state index is 13.2. The van der Waals surface area contributed by atoms with Crippen molar-refractivity contribution in [1.82, 2.24) is 24.8 Å². The van der Waals surface area contributed by atoms with E-state index in [1.165, 1.54) is 6.07 Å². The maximum Gasteiger partial charge on any atom is 0.433 e. The zero-order valence-corrected chi connectivity index (χ0v) is 15.1. The van der Waals surface area contributed by atoms with Crippen molar-refractivity contribution in [2.45, 2.75) is 24.6 Å². The molecule has 1 aliphatic carbocycles. The Morgan fingerprint density at radius 1 is 1.21 bits per heavy atom. The van der Waals surface area contributed by atoms with E-state index in [9.17, 15) is 18.0 Å². The standard InChI is InChI=1S/C19H18F3N5O/c1-26-8-11(9-26)17-24-14-4-5-15(19(20,21)22)25-18(14)27(17)12-2-3-13-10(6-12)7-16(28)23-13/h2-6,10-11,13H,7-9H2,1H3,(H,23,28). The number of imidazole rings is 1. The lowest BCUT2D eigenvalue weighted by molar-refractivity contribution is -0.141. The van der Waals surface area contributed by atoms with Gasteiger partial charge in [-0.1, -0.05) is 12.2 Å². The smallest absolute Gasteiger partial charge is 0.349 e. The van der Waals surface area contributed by atoms with Crippen molar-refractivity contribution in [2.75, 3.05) is 20.1 Å². The highest BCUT2D eigenvalue weighted by Gasteiger charge is 2.36. The van der Waals surface area contributed by atoms with Crippen LogP contribution in [0.5, 0.6) is 0 Å². The average Bonchev–Trinajstić information content (AvgIpc) is 3.15. The Morgan fingerprint density at radius 2 is 2.00 bits per heavy atom. The van der Waals surface area contributed by atoms with Crippen LogP contribution in [0, 0.1) is 5.92 Å². The molecule has 0 radical (unpaired) electrons. The van der Waals surface area contributed by atoms with Crippen LogP contribution in [0.15, 0.2) is 30.4 Å². The minimum absolute atomic E-state index is 0.0207. The molecule has 0 saturated carbocycles. The summed E-state index contributed by atoms with van der Waals surface area (Å²) in [5.74, 6) is 0.800. The number of halogens is 3. The molecule has 2 atom stereocenters. The molecule has 2 saturated heterocycles. The minimum Gasteiger partial charge on any atom is -0.349 e. The lowest BCUT2D eigenvalue weighted by atomic mass is 9.94. The third kappa shape index (κ3) is 2.72. The number of alkyl halides is 3. The topological polar surface area (TPSA) is 63.1 Å². The van der Waals surface area contributed by atoms with Crippen LogP contribution in [0.1, 0.15) is 23.9 Å². The number of likely N-dealkylation sites (N-methyl/N-ethyl adjacent to an activating group) is 1. The zero-order chi connectivity index (χ0) is 19.6. The molecule has 5 rings (SSSR count). The summed E-state index contributed by atoms with van der Waals surface area (Å²) >= 11 is 0. The molecule has 0 bridgehead atoms. The second-order valence-electron chi connectivity index (χ2n) is 7.67. The molecule has 0 aromatic carbocycles. The molecule has 9 heteroatoms. The van der Waals surface area contributed by atoms with E-state index in [-0.39, 0.29) is 29.4 Å². The van der Waals surface area contributed by atoms with E-state index in [1.54, 1.807) is 4.57 Å². The van der Waals surface area contributed by atoms with Crippen molar-refractivity contribution in [3.8, 4) is 0 Å². The van der Waals surface area contributed by atoms with Gasteiger partial charge in [0.15, 0.2) is 5.65 Å². The molecule has 4 heterocycles. The van der Waals surface area contributed by atoms with E-state index in [1.807, 2.05) is 25.3 Å². The summed E-state index contributed by atoms with van der Waals surface area (Å²) in [7, 11) is 1.99. The Bertz CT molecular complexity index is 1030. The van der Waals surface area contributed by atoms with E-state index < -0.39 is 11.9 Å². The molecule has 146 valence electrons. The highest BCUT2D eigenvalue weighted by molar-refractivity contribution is 5.83.